The lowest BCUT2D eigenvalue weighted by Gasteiger charge is -2.15. The monoisotopic (exact) mass is 398 g/mol. The number of hydrogen-bond acceptors (Lipinski definition) is 2. The molecule has 0 aliphatic heterocycles. The van der Waals surface area contributed by atoms with Crippen molar-refractivity contribution < 1.29 is 22.7 Å². The number of methoxy groups -OCH3 is 1. The SMILES string of the molecule is COC(=O)[C@@H](Cc1ccccc1)Cc1ccc(-c2ccc(C(F)(F)F)cc2)cc1. The first-order valence-electron chi connectivity index (χ1n) is 9.25. The van der Waals surface area contributed by atoms with E-state index in [1.165, 1.54) is 19.2 Å². The van der Waals surface area contributed by atoms with Gasteiger partial charge >= 0.3 is 12.1 Å². The number of carbonyl (C=O) groups is 1. The van der Waals surface area contributed by atoms with Crippen molar-refractivity contribution in [2.24, 2.45) is 5.92 Å². The highest BCUT2D eigenvalue weighted by atomic mass is 19.4. The van der Waals surface area contributed by atoms with Crippen molar-refractivity contribution in [1.82, 2.24) is 0 Å². The minimum Gasteiger partial charge on any atom is -0.469 e. The third kappa shape index (κ3) is 5.47. The van der Waals surface area contributed by atoms with E-state index in [9.17, 15) is 18.0 Å². The smallest absolute Gasteiger partial charge is 0.416 e. The van der Waals surface area contributed by atoms with Gasteiger partial charge in [0.05, 0.1) is 18.6 Å². The normalized spacial score (nSPS) is 12.4. The molecule has 0 bridgehead atoms. The number of benzene rings is 3. The van der Waals surface area contributed by atoms with E-state index in [0.717, 1.165) is 28.8 Å². The Morgan fingerprint density at radius 3 is 1.76 bits per heavy atom. The Kier molecular flexibility index (Phi) is 6.37. The number of alkyl halides is 3. The Labute approximate surface area is 168 Å². The van der Waals surface area contributed by atoms with E-state index < -0.39 is 11.7 Å². The van der Waals surface area contributed by atoms with Crippen LogP contribution in [0.3, 0.4) is 0 Å². The van der Waals surface area contributed by atoms with Gasteiger partial charge in [-0.25, -0.2) is 0 Å². The molecule has 3 aromatic rings. The van der Waals surface area contributed by atoms with E-state index >= 15 is 0 Å². The molecule has 5 heteroatoms. The Morgan fingerprint density at radius 1 is 0.793 bits per heavy atom. The first kappa shape index (κ1) is 20.6. The maximum Gasteiger partial charge on any atom is 0.416 e. The number of rotatable bonds is 6. The Hall–Kier alpha value is -3.08. The summed E-state index contributed by atoms with van der Waals surface area (Å²) < 4.78 is 43.1. The van der Waals surface area contributed by atoms with Gasteiger partial charge in [0.1, 0.15) is 0 Å². The van der Waals surface area contributed by atoms with Crippen molar-refractivity contribution in [3.8, 4) is 11.1 Å². The predicted octanol–water partition coefficient (Wildman–Crippen LogP) is 5.95. The van der Waals surface area contributed by atoms with Crippen LogP contribution < -0.4 is 0 Å². The summed E-state index contributed by atoms with van der Waals surface area (Å²) in [5.74, 6) is -0.569. The highest BCUT2D eigenvalue weighted by Crippen LogP contribution is 2.31. The van der Waals surface area contributed by atoms with Gasteiger partial charge in [0.25, 0.3) is 0 Å². The fourth-order valence-electron chi connectivity index (χ4n) is 3.27. The maximum absolute atomic E-state index is 12.7. The van der Waals surface area contributed by atoms with Crippen molar-refractivity contribution in [2.45, 2.75) is 19.0 Å². The summed E-state index contributed by atoms with van der Waals surface area (Å²) in [7, 11) is 1.38. The molecular formula is C24H21F3O2. The van der Waals surface area contributed by atoms with Gasteiger partial charge in [-0.2, -0.15) is 13.2 Å². The van der Waals surface area contributed by atoms with Gasteiger partial charge in [-0.3, -0.25) is 4.79 Å². The number of carbonyl (C=O) groups excluding carboxylic acids is 1. The molecule has 0 radical (unpaired) electrons. The van der Waals surface area contributed by atoms with Gasteiger partial charge in [0.2, 0.25) is 0 Å². The molecule has 0 saturated carbocycles. The second kappa shape index (κ2) is 8.95. The molecule has 0 fully saturated rings. The van der Waals surface area contributed by atoms with E-state index in [4.69, 9.17) is 4.74 Å². The molecule has 1 atom stereocenters. The molecule has 0 amide bonds. The average Bonchev–Trinajstić information content (AvgIpc) is 2.73. The summed E-state index contributed by atoms with van der Waals surface area (Å²) in [4.78, 5) is 12.2. The molecule has 3 rings (SSSR count). The molecular weight excluding hydrogens is 377 g/mol. The maximum atomic E-state index is 12.7. The third-order valence-electron chi connectivity index (χ3n) is 4.84. The van der Waals surface area contributed by atoms with Crippen LogP contribution in [0.1, 0.15) is 16.7 Å². The molecule has 0 aliphatic rings. The van der Waals surface area contributed by atoms with Gasteiger partial charge in [-0.1, -0.05) is 66.7 Å². The van der Waals surface area contributed by atoms with Crippen LogP contribution >= 0.6 is 0 Å². The van der Waals surface area contributed by atoms with Gasteiger partial charge in [0.15, 0.2) is 0 Å². The van der Waals surface area contributed by atoms with Crippen LogP contribution in [-0.2, 0) is 28.5 Å². The molecule has 0 aromatic heterocycles. The zero-order valence-electron chi connectivity index (χ0n) is 15.9. The molecule has 0 aliphatic carbocycles. The van der Waals surface area contributed by atoms with Crippen LogP contribution in [0.15, 0.2) is 78.9 Å². The van der Waals surface area contributed by atoms with Crippen LogP contribution in [0.5, 0.6) is 0 Å². The van der Waals surface area contributed by atoms with E-state index in [-0.39, 0.29) is 11.9 Å². The zero-order chi connectivity index (χ0) is 20.9. The highest BCUT2D eigenvalue weighted by Gasteiger charge is 2.30. The summed E-state index contributed by atoms with van der Waals surface area (Å²) >= 11 is 0. The van der Waals surface area contributed by atoms with Crippen LogP contribution in [0.2, 0.25) is 0 Å². The van der Waals surface area contributed by atoms with Crippen LogP contribution in [0, 0.1) is 5.92 Å². The third-order valence-corrected chi connectivity index (χ3v) is 4.84. The molecule has 0 N–H and O–H groups in total. The van der Waals surface area contributed by atoms with E-state index in [1.54, 1.807) is 0 Å². The van der Waals surface area contributed by atoms with Gasteiger partial charge in [0, 0.05) is 0 Å². The largest absolute Gasteiger partial charge is 0.469 e. The molecule has 0 unspecified atom stereocenters. The molecule has 0 saturated heterocycles. The lowest BCUT2D eigenvalue weighted by molar-refractivity contribution is -0.145. The molecule has 2 nitrogen and oxygen atoms in total. The number of hydrogen-bond donors (Lipinski definition) is 0. The van der Waals surface area contributed by atoms with Crippen LogP contribution in [-0.4, -0.2) is 13.1 Å². The minimum absolute atomic E-state index is 0.263. The number of esters is 1. The van der Waals surface area contributed by atoms with Crippen molar-refractivity contribution in [1.29, 1.82) is 0 Å². The standard InChI is InChI=1S/C24H21F3O2/c1-29-23(28)21(15-17-5-3-2-4-6-17)16-18-7-9-19(10-8-18)20-11-13-22(14-12-20)24(25,26)27/h2-14,21H,15-16H2,1H3/t21-/m0/s1. The van der Waals surface area contributed by atoms with Gasteiger partial charge in [-0.15, -0.1) is 0 Å². The summed E-state index contributed by atoms with van der Waals surface area (Å²) in [6, 6.07) is 22.3. The van der Waals surface area contributed by atoms with E-state index in [2.05, 4.69) is 0 Å². The number of ether oxygens (including phenoxy) is 1. The topological polar surface area (TPSA) is 26.3 Å². The summed E-state index contributed by atoms with van der Waals surface area (Å²) in [5, 5.41) is 0. The Balaban J connectivity index is 1.73. The predicted molar refractivity (Wildman–Crippen MR) is 106 cm³/mol. The van der Waals surface area contributed by atoms with Gasteiger partial charge in [-0.05, 0) is 47.2 Å². The second-order valence-corrected chi connectivity index (χ2v) is 6.89. The Bertz CT molecular complexity index is 931. The van der Waals surface area contributed by atoms with E-state index in [0.29, 0.717) is 18.4 Å². The number of halogens is 3. The first-order valence-corrected chi connectivity index (χ1v) is 9.25. The fraction of sp³-hybridized carbons (Fsp3) is 0.208. The minimum atomic E-state index is -4.34. The fourth-order valence-corrected chi connectivity index (χ4v) is 3.27. The highest BCUT2D eigenvalue weighted by molar-refractivity contribution is 5.73. The van der Waals surface area contributed by atoms with Crippen molar-refractivity contribution in [3.05, 3.63) is 95.6 Å². The summed E-state index contributed by atoms with van der Waals surface area (Å²) in [5.41, 5.74) is 2.88. The molecule has 29 heavy (non-hydrogen) atoms. The van der Waals surface area contributed by atoms with Crippen LogP contribution in [0.4, 0.5) is 13.2 Å². The zero-order valence-corrected chi connectivity index (χ0v) is 15.9. The molecule has 150 valence electrons. The quantitative estimate of drug-likeness (QED) is 0.480. The lowest BCUT2D eigenvalue weighted by Crippen LogP contribution is -2.21. The van der Waals surface area contributed by atoms with E-state index in [1.807, 2.05) is 54.6 Å². The second-order valence-electron chi connectivity index (χ2n) is 6.89. The lowest BCUT2D eigenvalue weighted by atomic mass is 9.91. The first-order chi connectivity index (χ1) is 13.9. The Morgan fingerprint density at radius 2 is 1.28 bits per heavy atom. The summed E-state index contributed by atoms with van der Waals surface area (Å²) in [6.45, 7) is 0. The van der Waals surface area contributed by atoms with Gasteiger partial charge < -0.3 is 4.74 Å². The molecule has 0 heterocycles. The summed E-state index contributed by atoms with van der Waals surface area (Å²) in [6.07, 6.45) is -3.24. The average molecular weight is 398 g/mol. The van der Waals surface area contributed by atoms with Crippen molar-refractivity contribution in [2.75, 3.05) is 7.11 Å². The van der Waals surface area contributed by atoms with Crippen LogP contribution in [0.25, 0.3) is 11.1 Å². The molecule has 0 spiro atoms. The molecule has 3 aromatic carbocycles. The van der Waals surface area contributed by atoms with Crippen molar-refractivity contribution >= 4 is 5.97 Å². The van der Waals surface area contributed by atoms with Crippen molar-refractivity contribution in [3.63, 3.8) is 0 Å².